The lowest BCUT2D eigenvalue weighted by atomic mass is 9.96. The first-order valence-electron chi connectivity index (χ1n) is 27.4. The van der Waals surface area contributed by atoms with Gasteiger partial charge >= 0.3 is 18.0 Å². The number of ketones is 2. The van der Waals surface area contributed by atoms with Crippen LogP contribution in [0.4, 0.5) is 9.59 Å². The number of fused-ring (bicyclic) bond motifs is 2. The Kier molecular flexibility index (Phi) is 27.6. The molecule has 4 aliphatic heterocycles. The highest BCUT2D eigenvalue weighted by Crippen LogP contribution is 2.34. The molecule has 1 aromatic carbocycles. The molecule has 0 spiro atoms. The molecular weight excluding hydrogens is 1000 g/mol. The van der Waals surface area contributed by atoms with Gasteiger partial charge in [0.25, 0.3) is 5.91 Å². The quantitative estimate of drug-likeness (QED) is 0.0253. The largest absolute Gasteiger partial charge is 0.460 e. The Bertz CT molecular complexity index is 1920. The van der Waals surface area contributed by atoms with Crippen LogP contribution in [0.1, 0.15) is 151 Å². The van der Waals surface area contributed by atoms with Crippen molar-refractivity contribution in [2.45, 2.75) is 183 Å². The molecule has 7 N–H and O–H groups in total. The molecule has 6 unspecified atom stereocenters. The van der Waals surface area contributed by atoms with Crippen LogP contribution in [0.5, 0.6) is 0 Å². The predicted molar refractivity (Wildman–Crippen MR) is 290 cm³/mol. The van der Waals surface area contributed by atoms with Crippen LogP contribution < -0.4 is 37.2 Å². The Morgan fingerprint density at radius 3 is 1.49 bits per heavy atom. The number of benzene rings is 1. The SMILES string of the molecule is CC(C)(C)OC(=O)CCOCCOCCOCCNC(=O)c1cc(CC(=O)CCCCCNC(=O)CCCCC2SCC3NC(=O)NC32)cc(CC(=O)CCCCCNC(=O)CCCCC2SCC3NC(=O)NC32)c1. The van der Waals surface area contributed by atoms with E-state index in [9.17, 15) is 38.4 Å². The van der Waals surface area contributed by atoms with E-state index in [2.05, 4.69) is 37.2 Å². The Morgan fingerprint density at radius 1 is 0.533 bits per heavy atom. The van der Waals surface area contributed by atoms with E-state index in [1.54, 1.807) is 12.1 Å². The summed E-state index contributed by atoms with van der Waals surface area (Å²) in [6.45, 7) is 8.61. The van der Waals surface area contributed by atoms with Crippen molar-refractivity contribution in [3.8, 4) is 0 Å². The van der Waals surface area contributed by atoms with E-state index < -0.39 is 5.60 Å². The first-order valence-corrected chi connectivity index (χ1v) is 29.5. The van der Waals surface area contributed by atoms with E-state index >= 15 is 0 Å². The lowest BCUT2D eigenvalue weighted by molar-refractivity contribution is -0.156. The number of thioether (sulfide) groups is 2. The number of rotatable bonds is 39. The Balaban J connectivity index is 0.953. The summed E-state index contributed by atoms with van der Waals surface area (Å²) in [5, 5.41) is 21.6. The highest BCUT2D eigenvalue weighted by atomic mass is 32.2. The Morgan fingerprint density at radius 2 is 1.00 bits per heavy atom. The number of carbonyl (C=O) groups is 8. The third-order valence-corrected chi connectivity index (χ3v) is 16.4. The molecule has 21 heteroatoms. The van der Waals surface area contributed by atoms with Gasteiger partial charge in [0.15, 0.2) is 0 Å². The number of unbranched alkanes of at least 4 members (excludes halogenated alkanes) is 6. The van der Waals surface area contributed by atoms with Gasteiger partial charge in [0.1, 0.15) is 17.2 Å². The zero-order valence-electron chi connectivity index (χ0n) is 44.6. The number of ether oxygens (including phenoxy) is 4. The molecule has 0 radical (unpaired) electrons. The summed E-state index contributed by atoms with van der Waals surface area (Å²) in [5.41, 5.74) is 1.17. The maximum atomic E-state index is 13.4. The molecule has 7 amide bonds. The summed E-state index contributed by atoms with van der Waals surface area (Å²) in [7, 11) is 0. The Labute approximate surface area is 452 Å². The van der Waals surface area contributed by atoms with Gasteiger partial charge in [0, 0.05) is 85.7 Å². The van der Waals surface area contributed by atoms with E-state index in [4.69, 9.17) is 18.9 Å². The highest BCUT2D eigenvalue weighted by molar-refractivity contribution is 8.00. The van der Waals surface area contributed by atoms with Crippen LogP contribution >= 0.6 is 23.5 Å². The van der Waals surface area contributed by atoms with E-state index in [0.29, 0.717) is 105 Å². The average Bonchev–Trinajstić information content (AvgIpc) is 4.12. The van der Waals surface area contributed by atoms with Gasteiger partial charge in [-0.25, -0.2) is 9.59 Å². The van der Waals surface area contributed by atoms with Crippen LogP contribution in [-0.4, -0.2) is 158 Å². The molecule has 75 heavy (non-hydrogen) atoms. The summed E-state index contributed by atoms with van der Waals surface area (Å²) in [6.07, 6.45) is 11.9. The maximum Gasteiger partial charge on any atom is 0.315 e. The molecule has 6 atom stereocenters. The van der Waals surface area contributed by atoms with E-state index in [0.717, 1.165) is 75.7 Å². The summed E-state index contributed by atoms with van der Waals surface area (Å²) < 4.78 is 21.8. The lowest BCUT2D eigenvalue weighted by Crippen LogP contribution is -2.36. The number of urea groups is 2. The van der Waals surface area contributed by atoms with E-state index in [1.165, 1.54) is 0 Å². The van der Waals surface area contributed by atoms with Crippen LogP contribution in [0, 0.1) is 0 Å². The van der Waals surface area contributed by atoms with Crippen molar-refractivity contribution >= 4 is 70.8 Å². The van der Waals surface area contributed by atoms with Gasteiger partial charge in [-0.05, 0) is 95.4 Å². The highest BCUT2D eigenvalue weighted by Gasteiger charge is 2.43. The standard InChI is InChI=1S/C54H85N7O12S2/c1-54(2,3)73-48(66)20-24-70-26-28-72-29-27-71-25-23-57-51(67)39-31-37(33-40(62)14-6-4-12-21-55-46(64)18-10-8-16-44-49-42(35-74-44)58-52(68)60-49)30-38(32-39)34-41(63)15-7-5-13-22-56-47(65)19-11-9-17-45-50-43(36-75-45)59-53(69)61-50/h30-32,42-45,49-50H,4-29,33-36H2,1-3H3,(H,55,64)(H,56,65)(H,57,67)(H2,58,60,68)(H2,59,61,69). The van der Waals surface area contributed by atoms with Crippen molar-refractivity contribution in [1.82, 2.24) is 37.2 Å². The molecule has 0 bridgehead atoms. The lowest BCUT2D eigenvalue weighted by Gasteiger charge is -2.19. The van der Waals surface area contributed by atoms with Crippen molar-refractivity contribution in [3.63, 3.8) is 0 Å². The van der Waals surface area contributed by atoms with Crippen LogP contribution in [0.2, 0.25) is 0 Å². The minimum absolute atomic E-state index is 0.0275. The van der Waals surface area contributed by atoms with Crippen molar-refractivity contribution in [2.24, 2.45) is 0 Å². The number of hydrogen-bond acceptors (Lipinski definition) is 14. The number of carbonyl (C=O) groups excluding carboxylic acids is 8. The Hall–Kier alpha value is -4.44. The molecule has 4 fully saturated rings. The fraction of sp³-hybridized carbons (Fsp3) is 0.741. The summed E-state index contributed by atoms with van der Waals surface area (Å²) in [6, 6.07) is 5.84. The molecule has 5 rings (SSSR count). The van der Waals surface area contributed by atoms with Gasteiger partial charge in [-0.3, -0.25) is 28.8 Å². The van der Waals surface area contributed by atoms with Gasteiger partial charge in [0.2, 0.25) is 11.8 Å². The molecule has 19 nitrogen and oxygen atoms in total. The van der Waals surface area contributed by atoms with Crippen molar-refractivity contribution < 1.29 is 57.3 Å². The maximum absolute atomic E-state index is 13.4. The van der Waals surface area contributed by atoms with Crippen molar-refractivity contribution in [1.29, 1.82) is 0 Å². The molecule has 420 valence electrons. The summed E-state index contributed by atoms with van der Waals surface area (Å²) in [5.74, 6) is 1.31. The normalized spacial score (nSPS) is 20.6. The number of nitrogens with one attached hydrogen (secondary N) is 7. The summed E-state index contributed by atoms with van der Waals surface area (Å²) in [4.78, 5) is 99.7. The predicted octanol–water partition coefficient (Wildman–Crippen LogP) is 5.23. The number of esters is 1. The van der Waals surface area contributed by atoms with E-state index in [1.807, 2.05) is 50.4 Å². The minimum atomic E-state index is -0.532. The second-order valence-corrected chi connectivity index (χ2v) is 23.5. The second kappa shape index (κ2) is 33.7. The van der Waals surface area contributed by atoms with Gasteiger partial charge in [0.05, 0.1) is 70.2 Å². The molecular formula is C54H85N7O12S2. The van der Waals surface area contributed by atoms with Crippen LogP contribution in [0.25, 0.3) is 0 Å². The first-order chi connectivity index (χ1) is 36.1. The number of hydrogen-bond donors (Lipinski definition) is 7. The first kappa shape index (κ1) is 61.4. The third kappa shape index (κ3) is 24.6. The zero-order chi connectivity index (χ0) is 53.8. The molecule has 4 saturated heterocycles. The molecule has 4 heterocycles. The third-order valence-electron chi connectivity index (χ3n) is 13.3. The van der Waals surface area contributed by atoms with Crippen LogP contribution in [-0.2, 0) is 55.8 Å². The van der Waals surface area contributed by atoms with Gasteiger partial charge in [-0.15, -0.1) is 0 Å². The zero-order valence-corrected chi connectivity index (χ0v) is 46.3. The monoisotopic (exact) mass is 1090 g/mol. The smallest absolute Gasteiger partial charge is 0.315 e. The molecule has 1 aromatic rings. The second-order valence-electron chi connectivity index (χ2n) is 21.0. The van der Waals surface area contributed by atoms with Gasteiger partial charge in [-0.1, -0.05) is 31.7 Å². The fourth-order valence-corrected chi connectivity index (χ4v) is 12.7. The molecule has 0 aliphatic carbocycles. The molecule has 0 aromatic heterocycles. The van der Waals surface area contributed by atoms with Gasteiger partial charge < -0.3 is 56.2 Å². The van der Waals surface area contributed by atoms with Crippen molar-refractivity contribution in [2.75, 3.05) is 70.8 Å². The number of amides is 7. The fourth-order valence-electron chi connectivity index (χ4n) is 9.59. The minimum Gasteiger partial charge on any atom is -0.460 e. The number of Topliss-reactive ketones (excluding diaryl/α,β-unsaturated/α-hetero) is 2. The molecule has 4 aliphatic rings. The van der Waals surface area contributed by atoms with Crippen LogP contribution in [0.15, 0.2) is 18.2 Å². The van der Waals surface area contributed by atoms with E-state index in [-0.39, 0.29) is 111 Å². The van der Waals surface area contributed by atoms with Crippen LogP contribution in [0.3, 0.4) is 0 Å². The average molecular weight is 1090 g/mol. The topological polar surface area (TPSA) is 258 Å². The summed E-state index contributed by atoms with van der Waals surface area (Å²) >= 11 is 3.76. The van der Waals surface area contributed by atoms with Crippen molar-refractivity contribution in [3.05, 3.63) is 34.9 Å². The van der Waals surface area contributed by atoms with Gasteiger partial charge in [-0.2, -0.15) is 23.5 Å². The molecule has 0 saturated carbocycles.